The first-order chi connectivity index (χ1) is 10.2. The maximum absolute atomic E-state index is 5.99. The number of halogens is 1. The Balaban J connectivity index is 1.71. The molecule has 0 radical (unpaired) electrons. The number of hydrogen-bond acceptors (Lipinski definition) is 3. The largest absolute Gasteiger partial charge is 0.378 e. The van der Waals surface area contributed by atoms with Crippen LogP contribution in [-0.2, 0) is 6.54 Å². The molecule has 0 fully saturated rings. The summed E-state index contributed by atoms with van der Waals surface area (Å²) in [5, 5.41) is 3.52. The number of nitrogens with one attached hydrogen (secondary N) is 1. The van der Waals surface area contributed by atoms with Gasteiger partial charge in [0.15, 0.2) is 0 Å². The molecule has 108 valence electrons. The van der Waals surface area contributed by atoms with Gasteiger partial charge in [-0.2, -0.15) is 0 Å². The molecule has 2 heterocycles. The van der Waals surface area contributed by atoms with Crippen LogP contribution in [0.25, 0.3) is 0 Å². The van der Waals surface area contributed by atoms with Gasteiger partial charge in [-0.25, -0.2) is 4.98 Å². The van der Waals surface area contributed by atoms with Crippen LogP contribution in [0.4, 0.5) is 5.69 Å². The van der Waals surface area contributed by atoms with Crippen molar-refractivity contribution in [2.24, 2.45) is 0 Å². The van der Waals surface area contributed by atoms with E-state index >= 15 is 0 Å². The molecule has 0 amide bonds. The first kappa shape index (κ1) is 14.2. The van der Waals surface area contributed by atoms with Crippen LogP contribution in [0.1, 0.15) is 23.4 Å². The lowest BCUT2D eigenvalue weighted by atomic mass is 10.1. The normalized spacial score (nSPS) is 12.3. The molecule has 3 rings (SSSR count). The molecule has 2 aromatic heterocycles. The Hall–Kier alpha value is -1.78. The van der Waals surface area contributed by atoms with Crippen molar-refractivity contribution in [2.75, 3.05) is 5.32 Å². The molecular formula is C16H16ClN3S. The van der Waals surface area contributed by atoms with Gasteiger partial charge in [0.2, 0.25) is 0 Å². The third-order valence-corrected chi connectivity index (χ3v) is 4.67. The second-order valence-electron chi connectivity index (χ2n) is 4.94. The quantitative estimate of drug-likeness (QED) is 0.731. The average Bonchev–Trinajstić information content (AvgIpc) is 3.11. The molecule has 1 N–H and O–H groups in total. The first-order valence-electron chi connectivity index (χ1n) is 6.77. The average molecular weight is 318 g/mol. The van der Waals surface area contributed by atoms with Gasteiger partial charge in [-0.15, -0.1) is 11.3 Å². The van der Waals surface area contributed by atoms with Crippen molar-refractivity contribution in [3.8, 4) is 0 Å². The highest BCUT2D eigenvalue weighted by atomic mass is 35.5. The SMILES string of the molecule is CC(Nc1cccc(Cn2ccnc2)c1)c1ccc(Cl)s1. The van der Waals surface area contributed by atoms with E-state index < -0.39 is 0 Å². The van der Waals surface area contributed by atoms with Crippen LogP contribution in [0, 0.1) is 0 Å². The third kappa shape index (κ3) is 3.65. The lowest BCUT2D eigenvalue weighted by Crippen LogP contribution is -2.05. The Morgan fingerprint density at radius 2 is 2.24 bits per heavy atom. The highest BCUT2D eigenvalue weighted by Gasteiger charge is 2.08. The fraction of sp³-hybridized carbons (Fsp3) is 0.188. The van der Waals surface area contributed by atoms with Crippen molar-refractivity contribution < 1.29 is 0 Å². The minimum atomic E-state index is 0.242. The molecule has 5 heteroatoms. The number of benzene rings is 1. The fourth-order valence-corrected chi connectivity index (χ4v) is 3.30. The highest BCUT2D eigenvalue weighted by Crippen LogP contribution is 2.29. The van der Waals surface area contributed by atoms with Gasteiger partial charge in [0.1, 0.15) is 0 Å². The van der Waals surface area contributed by atoms with Crippen LogP contribution in [0.2, 0.25) is 4.34 Å². The van der Waals surface area contributed by atoms with Gasteiger partial charge in [-0.3, -0.25) is 0 Å². The molecule has 1 atom stereocenters. The molecule has 1 unspecified atom stereocenters. The van der Waals surface area contributed by atoms with Gasteiger partial charge in [-0.1, -0.05) is 23.7 Å². The van der Waals surface area contributed by atoms with Gasteiger partial charge in [0, 0.05) is 29.5 Å². The van der Waals surface area contributed by atoms with Crippen molar-refractivity contribution >= 4 is 28.6 Å². The maximum atomic E-state index is 5.99. The number of thiophene rings is 1. The summed E-state index contributed by atoms with van der Waals surface area (Å²) in [5.74, 6) is 0. The number of rotatable bonds is 5. The number of hydrogen-bond donors (Lipinski definition) is 1. The van der Waals surface area contributed by atoms with E-state index in [4.69, 9.17) is 11.6 Å². The summed E-state index contributed by atoms with van der Waals surface area (Å²) < 4.78 is 2.88. The lowest BCUT2D eigenvalue weighted by Gasteiger charge is -2.14. The van der Waals surface area contributed by atoms with Gasteiger partial charge in [-0.05, 0) is 36.8 Å². The summed E-state index contributed by atoms with van der Waals surface area (Å²) in [6, 6.07) is 12.7. The summed E-state index contributed by atoms with van der Waals surface area (Å²) in [7, 11) is 0. The van der Waals surface area contributed by atoms with E-state index in [1.807, 2.05) is 18.6 Å². The third-order valence-electron chi connectivity index (χ3n) is 3.26. The molecule has 21 heavy (non-hydrogen) atoms. The highest BCUT2D eigenvalue weighted by molar-refractivity contribution is 7.16. The molecule has 3 nitrogen and oxygen atoms in total. The summed E-state index contributed by atoms with van der Waals surface area (Å²) in [5.41, 5.74) is 2.36. The van der Waals surface area contributed by atoms with Crippen molar-refractivity contribution in [2.45, 2.75) is 19.5 Å². The van der Waals surface area contributed by atoms with Gasteiger partial charge >= 0.3 is 0 Å². The zero-order chi connectivity index (χ0) is 14.7. The predicted octanol–water partition coefficient (Wildman–Crippen LogP) is 4.82. The Morgan fingerprint density at radius 1 is 1.33 bits per heavy atom. The smallest absolute Gasteiger partial charge is 0.0949 e. The molecule has 0 saturated carbocycles. The summed E-state index contributed by atoms with van der Waals surface area (Å²) in [6.07, 6.45) is 5.59. The zero-order valence-electron chi connectivity index (χ0n) is 11.7. The molecule has 1 aromatic carbocycles. The van der Waals surface area contributed by atoms with E-state index in [0.717, 1.165) is 16.6 Å². The van der Waals surface area contributed by atoms with Crippen LogP contribution in [0.3, 0.4) is 0 Å². The summed E-state index contributed by atoms with van der Waals surface area (Å²) in [6.45, 7) is 2.97. The van der Waals surface area contributed by atoms with Crippen LogP contribution >= 0.6 is 22.9 Å². The maximum Gasteiger partial charge on any atom is 0.0949 e. The van der Waals surface area contributed by atoms with E-state index in [2.05, 4.69) is 52.1 Å². The fourth-order valence-electron chi connectivity index (χ4n) is 2.23. The summed E-state index contributed by atoms with van der Waals surface area (Å²) >= 11 is 7.61. The molecule has 0 saturated heterocycles. The van der Waals surface area contributed by atoms with Crippen molar-refractivity contribution in [3.05, 3.63) is 69.9 Å². The van der Waals surface area contributed by atoms with Gasteiger partial charge < -0.3 is 9.88 Å². The molecule has 0 aliphatic heterocycles. The molecular weight excluding hydrogens is 302 g/mol. The van der Waals surface area contributed by atoms with E-state index in [1.165, 1.54) is 10.4 Å². The number of aromatic nitrogens is 2. The number of nitrogens with zero attached hydrogens (tertiary/aromatic N) is 2. The van der Waals surface area contributed by atoms with Crippen LogP contribution in [0.15, 0.2) is 55.1 Å². The first-order valence-corrected chi connectivity index (χ1v) is 7.96. The molecule has 0 spiro atoms. The second-order valence-corrected chi connectivity index (χ2v) is 6.69. The van der Waals surface area contributed by atoms with Gasteiger partial charge in [0.25, 0.3) is 0 Å². The molecule has 3 aromatic rings. The summed E-state index contributed by atoms with van der Waals surface area (Å²) in [4.78, 5) is 5.30. The van der Waals surface area contributed by atoms with Crippen molar-refractivity contribution in [1.29, 1.82) is 0 Å². The Morgan fingerprint density at radius 3 is 2.95 bits per heavy atom. The van der Waals surface area contributed by atoms with E-state index in [9.17, 15) is 0 Å². The van der Waals surface area contributed by atoms with E-state index in [0.29, 0.717) is 0 Å². The minimum Gasteiger partial charge on any atom is -0.378 e. The minimum absolute atomic E-state index is 0.242. The number of anilines is 1. The predicted molar refractivity (Wildman–Crippen MR) is 89.1 cm³/mol. The lowest BCUT2D eigenvalue weighted by molar-refractivity contribution is 0.797. The van der Waals surface area contributed by atoms with Gasteiger partial charge in [0.05, 0.1) is 16.7 Å². The van der Waals surface area contributed by atoms with Crippen LogP contribution in [-0.4, -0.2) is 9.55 Å². The van der Waals surface area contributed by atoms with Crippen molar-refractivity contribution in [3.63, 3.8) is 0 Å². The molecule has 0 aliphatic carbocycles. The Kier molecular flexibility index (Phi) is 4.27. The van der Waals surface area contributed by atoms with E-state index in [1.54, 1.807) is 17.5 Å². The second kappa shape index (κ2) is 6.33. The van der Waals surface area contributed by atoms with E-state index in [-0.39, 0.29) is 6.04 Å². The Labute approximate surface area is 133 Å². The Bertz CT molecular complexity index is 706. The zero-order valence-corrected chi connectivity index (χ0v) is 13.2. The van der Waals surface area contributed by atoms with Crippen LogP contribution in [0.5, 0.6) is 0 Å². The van der Waals surface area contributed by atoms with Crippen molar-refractivity contribution in [1.82, 2.24) is 9.55 Å². The van der Waals surface area contributed by atoms with Crippen LogP contribution < -0.4 is 5.32 Å². The number of imidazole rings is 1. The standard InChI is InChI=1S/C16H16ClN3S/c1-12(15-5-6-16(17)21-15)19-14-4-2-3-13(9-14)10-20-8-7-18-11-20/h2-9,11-12,19H,10H2,1H3. The molecule has 0 aliphatic rings. The molecule has 0 bridgehead atoms. The monoisotopic (exact) mass is 317 g/mol. The topological polar surface area (TPSA) is 29.9 Å².